The summed E-state index contributed by atoms with van der Waals surface area (Å²) in [5.74, 6) is 0. The minimum absolute atomic E-state index is 0.553. The van der Waals surface area contributed by atoms with Gasteiger partial charge < -0.3 is 10.7 Å². The van der Waals surface area contributed by atoms with Gasteiger partial charge in [-0.3, -0.25) is 0 Å². The Bertz CT molecular complexity index is 686. The van der Waals surface area contributed by atoms with Gasteiger partial charge in [0.25, 0.3) is 0 Å². The van der Waals surface area contributed by atoms with Crippen molar-refractivity contribution in [1.29, 1.82) is 0 Å². The molecule has 0 saturated carbocycles. The van der Waals surface area contributed by atoms with Gasteiger partial charge in [-0.05, 0) is 22.8 Å². The molecule has 0 amide bonds. The summed E-state index contributed by atoms with van der Waals surface area (Å²) in [4.78, 5) is 7.32. The van der Waals surface area contributed by atoms with Crippen LogP contribution in [-0.4, -0.2) is 9.97 Å². The van der Waals surface area contributed by atoms with E-state index in [9.17, 15) is 0 Å². The van der Waals surface area contributed by atoms with Gasteiger partial charge in [0, 0.05) is 24.3 Å². The fourth-order valence-corrected chi connectivity index (χ4v) is 2.32. The Morgan fingerprint density at radius 3 is 2.67 bits per heavy atom. The van der Waals surface area contributed by atoms with Crippen LogP contribution in [0.4, 0.5) is 0 Å². The van der Waals surface area contributed by atoms with Crippen LogP contribution in [0.3, 0.4) is 0 Å². The van der Waals surface area contributed by atoms with Crippen LogP contribution in [-0.2, 0) is 6.54 Å². The molecule has 18 heavy (non-hydrogen) atoms. The van der Waals surface area contributed by atoms with E-state index in [1.165, 1.54) is 0 Å². The fourth-order valence-electron chi connectivity index (χ4n) is 2.08. The molecule has 0 atom stereocenters. The highest BCUT2D eigenvalue weighted by molar-refractivity contribution is 6.36. The molecule has 0 spiro atoms. The first-order valence-electron chi connectivity index (χ1n) is 5.70. The number of benzene rings is 1. The number of rotatable bonds is 2. The van der Waals surface area contributed by atoms with Gasteiger partial charge in [0.1, 0.15) is 5.65 Å². The highest BCUT2D eigenvalue weighted by atomic mass is 35.5. The number of fused-ring (bicyclic) bond motifs is 1. The number of nitrogens with two attached hydrogens (primary N) is 1. The molecule has 0 aliphatic heterocycles. The van der Waals surface area contributed by atoms with Gasteiger partial charge in [-0.25, -0.2) is 4.98 Å². The van der Waals surface area contributed by atoms with Crippen LogP contribution in [0, 0.1) is 0 Å². The maximum absolute atomic E-state index is 6.19. The molecule has 4 heteroatoms. The largest absolute Gasteiger partial charge is 0.345 e. The molecule has 0 fully saturated rings. The predicted octanol–water partition coefficient (Wildman–Crippen LogP) is 3.34. The van der Waals surface area contributed by atoms with E-state index >= 15 is 0 Å². The lowest BCUT2D eigenvalue weighted by molar-refractivity contribution is 1.07. The van der Waals surface area contributed by atoms with E-state index in [1.54, 1.807) is 12.4 Å². The maximum Gasteiger partial charge on any atom is 0.139 e. The molecule has 0 aliphatic carbocycles. The van der Waals surface area contributed by atoms with Crippen LogP contribution in [0.15, 0.2) is 42.7 Å². The summed E-state index contributed by atoms with van der Waals surface area (Å²) in [6.07, 6.45) is 3.54. The number of halogens is 1. The topological polar surface area (TPSA) is 54.7 Å². The van der Waals surface area contributed by atoms with Crippen LogP contribution in [0.2, 0.25) is 5.02 Å². The van der Waals surface area contributed by atoms with Crippen molar-refractivity contribution in [2.75, 3.05) is 0 Å². The molecule has 0 saturated heterocycles. The molecule has 0 radical (unpaired) electrons. The Balaban J connectivity index is 2.21. The number of nitrogens with one attached hydrogen (secondary N) is 1. The molecule has 1 aromatic carbocycles. The summed E-state index contributed by atoms with van der Waals surface area (Å²) in [6.45, 7) is 0.553. The van der Waals surface area contributed by atoms with E-state index in [4.69, 9.17) is 17.3 Å². The molecular formula is C14H12ClN3. The minimum atomic E-state index is 0.553. The van der Waals surface area contributed by atoms with E-state index in [0.717, 1.165) is 27.7 Å². The highest BCUT2D eigenvalue weighted by Gasteiger charge is 2.09. The van der Waals surface area contributed by atoms with E-state index in [0.29, 0.717) is 11.6 Å². The first-order chi connectivity index (χ1) is 8.79. The monoisotopic (exact) mass is 257 g/mol. The second kappa shape index (κ2) is 4.44. The van der Waals surface area contributed by atoms with Crippen molar-refractivity contribution in [3.63, 3.8) is 0 Å². The average molecular weight is 258 g/mol. The lowest BCUT2D eigenvalue weighted by atomic mass is 10.0. The number of aromatic amines is 1. The van der Waals surface area contributed by atoms with E-state index in [-0.39, 0.29) is 0 Å². The Kier molecular flexibility index (Phi) is 2.78. The summed E-state index contributed by atoms with van der Waals surface area (Å²) in [6, 6.07) is 10.1. The van der Waals surface area contributed by atoms with Crippen molar-refractivity contribution in [3.05, 3.63) is 53.3 Å². The summed E-state index contributed by atoms with van der Waals surface area (Å²) >= 11 is 6.19. The van der Waals surface area contributed by atoms with Crippen LogP contribution < -0.4 is 5.73 Å². The number of aromatic nitrogens is 2. The Labute approximate surface area is 110 Å². The van der Waals surface area contributed by atoms with Crippen molar-refractivity contribution in [2.24, 2.45) is 5.73 Å². The molecule has 2 aromatic heterocycles. The Morgan fingerprint density at radius 2 is 1.94 bits per heavy atom. The number of hydrogen-bond acceptors (Lipinski definition) is 2. The molecule has 0 bridgehead atoms. The lowest BCUT2D eigenvalue weighted by Gasteiger charge is -2.05. The first-order valence-corrected chi connectivity index (χ1v) is 6.08. The smallest absolute Gasteiger partial charge is 0.139 e. The second-order valence-electron chi connectivity index (χ2n) is 4.12. The summed E-state index contributed by atoms with van der Waals surface area (Å²) < 4.78 is 0. The summed E-state index contributed by atoms with van der Waals surface area (Å²) in [7, 11) is 0. The average Bonchev–Trinajstić information content (AvgIpc) is 2.81. The summed E-state index contributed by atoms with van der Waals surface area (Å²) in [5.41, 5.74) is 9.71. The van der Waals surface area contributed by atoms with E-state index in [1.807, 2.05) is 18.2 Å². The predicted molar refractivity (Wildman–Crippen MR) is 74.4 cm³/mol. The number of nitrogens with zero attached hydrogens (tertiary/aromatic N) is 1. The van der Waals surface area contributed by atoms with Crippen molar-refractivity contribution in [2.45, 2.75) is 6.54 Å². The van der Waals surface area contributed by atoms with Crippen molar-refractivity contribution in [3.8, 4) is 11.1 Å². The van der Waals surface area contributed by atoms with Crippen molar-refractivity contribution < 1.29 is 0 Å². The lowest BCUT2D eigenvalue weighted by Crippen LogP contribution is -1.95. The third-order valence-corrected chi connectivity index (χ3v) is 3.32. The zero-order valence-electron chi connectivity index (χ0n) is 9.65. The van der Waals surface area contributed by atoms with Crippen LogP contribution in [0.1, 0.15) is 5.56 Å². The third-order valence-electron chi connectivity index (χ3n) is 3.03. The highest BCUT2D eigenvalue weighted by Crippen LogP contribution is 2.32. The molecule has 90 valence electrons. The standard InChI is InChI=1S/C14H12ClN3/c15-12-8-18-14-13(12)11(5-6-17-14)10-3-1-9(7-16)2-4-10/h1-6,8H,7,16H2,(H,17,18). The van der Waals surface area contributed by atoms with Gasteiger partial charge in [-0.1, -0.05) is 35.9 Å². The molecule has 0 aliphatic rings. The molecule has 3 aromatic rings. The van der Waals surface area contributed by atoms with Gasteiger partial charge in [0.15, 0.2) is 0 Å². The molecule has 3 N–H and O–H groups in total. The van der Waals surface area contributed by atoms with Crippen molar-refractivity contribution >= 4 is 22.6 Å². The normalized spacial score (nSPS) is 11.0. The van der Waals surface area contributed by atoms with Gasteiger partial charge in [-0.15, -0.1) is 0 Å². The van der Waals surface area contributed by atoms with Gasteiger partial charge in [0.2, 0.25) is 0 Å². The quantitative estimate of drug-likeness (QED) is 0.740. The summed E-state index contributed by atoms with van der Waals surface area (Å²) in [5, 5.41) is 1.65. The Morgan fingerprint density at radius 1 is 1.17 bits per heavy atom. The van der Waals surface area contributed by atoms with Gasteiger partial charge in [-0.2, -0.15) is 0 Å². The third kappa shape index (κ3) is 1.78. The maximum atomic E-state index is 6.19. The zero-order valence-corrected chi connectivity index (χ0v) is 10.4. The fraction of sp³-hybridized carbons (Fsp3) is 0.0714. The van der Waals surface area contributed by atoms with Crippen LogP contribution >= 0.6 is 11.6 Å². The molecule has 0 unspecified atom stereocenters. The van der Waals surface area contributed by atoms with E-state index in [2.05, 4.69) is 22.1 Å². The van der Waals surface area contributed by atoms with Crippen LogP contribution in [0.5, 0.6) is 0 Å². The number of pyridine rings is 1. The van der Waals surface area contributed by atoms with Gasteiger partial charge >= 0.3 is 0 Å². The SMILES string of the molecule is NCc1ccc(-c2ccnc3[nH]cc(Cl)c23)cc1. The Hall–Kier alpha value is -1.84. The first kappa shape index (κ1) is 11.3. The van der Waals surface area contributed by atoms with Crippen molar-refractivity contribution in [1.82, 2.24) is 9.97 Å². The molecular weight excluding hydrogens is 246 g/mol. The molecule has 3 nitrogen and oxygen atoms in total. The molecule has 2 heterocycles. The number of H-pyrrole nitrogens is 1. The zero-order chi connectivity index (χ0) is 12.5. The van der Waals surface area contributed by atoms with Gasteiger partial charge in [0.05, 0.1) is 5.02 Å². The second-order valence-corrected chi connectivity index (χ2v) is 4.53. The van der Waals surface area contributed by atoms with Crippen LogP contribution in [0.25, 0.3) is 22.2 Å². The minimum Gasteiger partial charge on any atom is -0.345 e. The number of hydrogen-bond donors (Lipinski definition) is 2. The molecule has 3 rings (SSSR count). The van der Waals surface area contributed by atoms with E-state index < -0.39 is 0 Å².